The van der Waals surface area contributed by atoms with E-state index in [-0.39, 0.29) is 17.6 Å². The molecular weight excluding hydrogens is 274 g/mol. The van der Waals surface area contributed by atoms with Gasteiger partial charge >= 0.3 is 0 Å². The number of aliphatic hydroxyl groups is 1. The Balaban J connectivity index is 1.69. The summed E-state index contributed by atoms with van der Waals surface area (Å²) in [6.45, 7) is 2.27. The highest BCUT2D eigenvalue weighted by molar-refractivity contribution is 5.40. The van der Waals surface area contributed by atoms with Crippen molar-refractivity contribution in [3.63, 3.8) is 0 Å². The second kappa shape index (κ2) is 4.97. The molecule has 22 heavy (non-hydrogen) atoms. The van der Waals surface area contributed by atoms with E-state index in [0.717, 1.165) is 25.0 Å². The number of nitrogens with two attached hydrogens (primary N) is 1. The molecule has 1 aromatic carbocycles. The number of hydrogen-bond donors (Lipinski definition) is 2. The fourth-order valence-electron chi connectivity index (χ4n) is 5.76. The number of fused-ring (bicyclic) bond motifs is 5. The predicted molar refractivity (Wildman–Crippen MR) is 87.0 cm³/mol. The van der Waals surface area contributed by atoms with E-state index in [1.165, 1.54) is 24.0 Å². The van der Waals surface area contributed by atoms with Crippen molar-refractivity contribution in [3.05, 3.63) is 29.3 Å². The number of ether oxygens (including phenoxy) is 1. The molecule has 3 N–H and O–H groups in total. The van der Waals surface area contributed by atoms with Gasteiger partial charge in [-0.25, -0.2) is 0 Å². The Kier molecular flexibility index (Phi) is 3.28. The summed E-state index contributed by atoms with van der Waals surface area (Å²) in [5, 5.41) is 10.6. The third-order valence-electron chi connectivity index (χ3n) is 6.98. The molecule has 2 fully saturated rings. The van der Waals surface area contributed by atoms with Crippen LogP contribution in [0.1, 0.15) is 49.7 Å². The second-order valence-electron chi connectivity index (χ2n) is 7.87. The van der Waals surface area contributed by atoms with Gasteiger partial charge in [-0.15, -0.1) is 0 Å². The number of benzene rings is 1. The molecule has 0 heterocycles. The molecule has 0 radical (unpaired) electrons. The SMILES string of the molecule is COc1ccc2c(c1)CC[C@@H]1[C@@H]2CC[C@]2(C)C(O)C(N)C[C@@H]12. The average Bonchev–Trinajstić information content (AvgIpc) is 2.77. The van der Waals surface area contributed by atoms with E-state index in [0.29, 0.717) is 17.8 Å². The van der Waals surface area contributed by atoms with Gasteiger partial charge in [-0.1, -0.05) is 13.0 Å². The zero-order valence-electron chi connectivity index (χ0n) is 13.6. The fraction of sp³-hybridized carbons (Fsp3) is 0.684. The molecule has 0 spiro atoms. The molecule has 3 nitrogen and oxygen atoms in total. The molecular formula is C19H27NO2. The maximum atomic E-state index is 10.6. The van der Waals surface area contributed by atoms with E-state index in [1.54, 1.807) is 7.11 Å². The van der Waals surface area contributed by atoms with Gasteiger partial charge in [-0.3, -0.25) is 0 Å². The fourth-order valence-corrected chi connectivity index (χ4v) is 5.76. The molecule has 2 unspecified atom stereocenters. The predicted octanol–water partition coefficient (Wildman–Crippen LogP) is 2.85. The van der Waals surface area contributed by atoms with Gasteiger partial charge in [0.15, 0.2) is 0 Å². The zero-order chi connectivity index (χ0) is 15.5. The highest BCUT2D eigenvalue weighted by atomic mass is 16.5. The minimum Gasteiger partial charge on any atom is -0.497 e. The lowest BCUT2D eigenvalue weighted by molar-refractivity contribution is -0.0256. The summed E-state index contributed by atoms with van der Waals surface area (Å²) >= 11 is 0. The van der Waals surface area contributed by atoms with E-state index < -0.39 is 0 Å². The lowest BCUT2D eigenvalue weighted by Crippen LogP contribution is -2.45. The first-order chi connectivity index (χ1) is 10.5. The highest BCUT2D eigenvalue weighted by Gasteiger charge is 2.57. The van der Waals surface area contributed by atoms with E-state index in [9.17, 15) is 5.11 Å². The maximum absolute atomic E-state index is 10.6. The first kappa shape index (κ1) is 14.5. The van der Waals surface area contributed by atoms with Gasteiger partial charge in [0, 0.05) is 6.04 Å². The minimum absolute atomic E-state index is 0.0323. The number of hydrogen-bond acceptors (Lipinski definition) is 3. The lowest BCUT2D eigenvalue weighted by atomic mass is 9.55. The van der Waals surface area contributed by atoms with Gasteiger partial charge < -0.3 is 15.6 Å². The Labute approximate surface area is 132 Å². The van der Waals surface area contributed by atoms with Crippen molar-refractivity contribution in [2.75, 3.05) is 7.11 Å². The quantitative estimate of drug-likeness (QED) is 0.838. The number of rotatable bonds is 1. The van der Waals surface area contributed by atoms with E-state index in [2.05, 4.69) is 25.1 Å². The zero-order valence-corrected chi connectivity index (χ0v) is 13.6. The van der Waals surface area contributed by atoms with Crippen molar-refractivity contribution < 1.29 is 9.84 Å². The van der Waals surface area contributed by atoms with Crippen molar-refractivity contribution >= 4 is 0 Å². The summed E-state index contributed by atoms with van der Waals surface area (Å²) in [6.07, 6.45) is 5.30. The van der Waals surface area contributed by atoms with Crippen LogP contribution in [0, 0.1) is 17.3 Å². The molecule has 2 saturated carbocycles. The van der Waals surface area contributed by atoms with Crippen LogP contribution in [0.25, 0.3) is 0 Å². The Bertz CT molecular complexity index is 587. The maximum Gasteiger partial charge on any atom is 0.119 e. The minimum atomic E-state index is -0.323. The average molecular weight is 301 g/mol. The molecule has 0 aromatic heterocycles. The molecule has 120 valence electrons. The lowest BCUT2D eigenvalue weighted by Gasteiger charge is -2.50. The van der Waals surface area contributed by atoms with Crippen LogP contribution in [-0.2, 0) is 6.42 Å². The number of aryl methyl sites for hydroxylation is 1. The Morgan fingerprint density at radius 1 is 1.32 bits per heavy atom. The summed E-state index contributed by atoms with van der Waals surface area (Å²) in [6, 6.07) is 6.56. The second-order valence-corrected chi connectivity index (χ2v) is 7.87. The Morgan fingerprint density at radius 2 is 2.14 bits per heavy atom. The van der Waals surface area contributed by atoms with Crippen LogP contribution >= 0.6 is 0 Å². The van der Waals surface area contributed by atoms with Crippen molar-refractivity contribution in [2.24, 2.45) is 23.0 Å². The Hall–Kier alpha value is -1.06. The molecule has 0 amide bonds. The number of aliphatic hydroxyl groups excluding tert-OH is 1. The molecule has 3 aliphatic carbocycles. The van der Waals surface area contributed by atoms with Gasteiger partial charge in [0.25, 0.3) is 0 Å². The highest BCUT2D eigenvalue weighted by Crippen LogP contribution is 2.60. The van der Waals surface area contributed by atoms with E-state index in [4.69, 9.17) is 10.5 Å². The molecule has 0 aliphatic heterocycles. The van der Waals surface area contributed by atoms with Crippen molar-refractivity contribution in [1.82, 2.24) is 0 Å². The monoisotopic (exact) mass is 301 g/mol. The van der Waals surface area contributed by atoms with Crippen molar-refractivity contribution in [2.45, 2.75) is 57.1 Å². The number of methoxy groups -OCH3 is 1. The summed E-state index contributed by atoms with van der Waals surface area (Å²) in [5.74, 6) is 2.87. The Morgan fingerprint density at radius 3 is 2.91 bits per heavy atom. The molecule has 3 aliphatic rings. The van der Waals surface area contributed by atoms with Crippen LogP contribution in [0.4, 0.5) is 0 Å². The van der Waals surface area contributed by atoms with Crippen LogP contribution in [0.5, 0.6) is 5.75 Å². The largest absolute Gasteiger partial charge is 0.497 e. The van der Waals surface area contributed by atoms with Gasteiger partial charge in [-0.05, 0) is 78.5 Å². The van der Waals surface area contributed by atoms with Gasteiger partial charge in [0.05, 0.1) is 13.2 Å². The summed E-state index contributed by atoms with van der Waals surface area (Å²) in [5.41, 5.74) is 9.23. The van der Waals surface area contributed by atoms with Gasteiger partial charge in [-0.2, -0.15) is 0 Å². The van der Waals surface area contributed by atoms with Crippen LogP contribution in [-0.4, -0.2) is 24.4 Å². The van der Waals surface area contributed by atoms with Crippen molar-refractivity contribution in [1.29, 1.82) is 0 Å². The summed E-state index contributed by atoms with van der Waals surface area (Å²) in [7, 11) is 1.74. The van der Waals surface area contributed by atoms with Gasteiger partial charge in [0.2, 0.25) is 0 Å². The molecule has 3 heteroatoms. The summed E-state index contributed by atoms with van der Waals surface area (Å²) < 4.78 is 5.38. The molecule has 0 saturated heterocycles. The van der Waals surface area contributed by atoms with Crippen LogP contribution < -0.4 is 10.5 Å². The molecule has 0 bridgehead atoms. The molecule has 4 rings (SSSR count). The first-order valence-electron chi connectivity index (χ1n) is 8.65. The molecule has 1 aromatic rings. The summed E-state index contributed by atoms with van der Waals surface area (Å²) in [4.78, 5) is 0. The molecule has 6 atom stereocenters. The normalized spacial score (nSPS) is 43.2. The topological polar surface area (TPSA) is 55.5 Å². The third kappa shape index (κ3) is 1.88. The van der Waals surface area contributed by atoms with Gasteiger partial charge in [0.1, 0.15) is 5.75 Å². The standard InChI is InChI=1S/C19H27NO2/c1-19-8-7-14-13-6-4-12(22-2)9-11(13)3-5-15(14)16(19)10-17(20)18(19)21/h4,6,9,14-18,21H,3,5,7-8,10,20H2,1-2H3/t14-,15-,16+,17?,18?,19+/m1/s1. The first-order valence-corrected chi connectivity index (χ1v) is 8.65. The smallest absolute Gasteiger partial charge is 0.119 e. The third-order valence-corrected chi connectivity index (χ3v) is 6.98. The van der Waals surface area contributed by atoms with Crippen molar-refractivity contribution in [3.8, 4) is 5.75 Å². The van der Waals surface area contributed by atoms with Crippen LogP contribution in [0.2, 0.25) is 0 Å². The van der Waals surface area contributed by atoms with Crippen LogP contribution in [0.3, 0.4) is 0 Å². The van der Waals surface area contributed by atoms with Crippen LogP contribution in [0.15, 0.2) is 18.2 Å². The van der Waals surface area contributed by atoms with E-state index in [1.807, 2.05) is 0 Å². The van der Waals surface area contributed by atoms with E-state index >= 15 is 0 Å².